The van der Waals surface area contributed by atoms with Crippen molar-refractivity contribution in [2.75, 3.05) is 0 Å². The highest BCUT2D eigenvalue weighted by Crippen LogP contribution is 2.39. The molecule has 0 N–H and O–H groups in total. The fourth-order valence-corrected chi connectivity index (χ4v) is 2.38. The summed E-state index contributed by atoms with van der Waals surface area (Å²) in [6, 6.07) is 4.29. The molecular formula is C12H14F2. The van der Waals surface area contributed by atoms with Crippen molar-refractivity contribution in [3.63, 3.8) is 0 Å². The predicted octanol–water partition coefficient (Wildman–Crippen LogP) is 3.87. The first kappa shape index (κ1) is 9.63. The van der Waals surface area contributed by atoms with Crippen molar-refractivity contribution >= 4 is 0 Å². The molecule has 76 valence electrons. The van der Waals surface area contributed by atoms with Crippen molar-refractivity contribution in [3.8, 4) is 0 Å². The molecule has 1 fully saturated rings. The van der Waals surface area contributed by atoms with E-state index >= 15 is 0 Å². The molecule has 2 atom stereocenters. The summed E-state index contributed by atoms with van der Waals surface area (Å²) in [6.45, 7) is 2.18. The Kier molecular flexibility index (Phi) is 2.53. The molecule has 0 aliphatic heterocycles. The highest BCUT2D eigenvalue weighted by molar-refractivity contribution is 5.23. The van der Waals surface area contributed by atoms with Crippen LogP contribution in [0.15, 0.2) is 18.2 Å². The van der Waals surface area contributed by atoms with Crippen molar-refractivity contribution in [1.82, 2.24) is 0 Å². The molecule has 1 aromatic rings. The smallest absolute Gasteiger partial charge is 0.159 e. The zero-order valence-corrected chi connectivity index (χ0v) is 8.26. The van der Waals surface area contributed by atoms with Crippen LogP contribution >= 0.6 is 0 Å². The highest BCUT2D eigenvalue weighted by atomic mass is 19.2. The van der Waals surface area contributed by atoms with Crippen LogP contribution in [-0.4, -0.2) is 0 Å². The Labute approximate surface area is 82.9 Å². The lowest BCUT2D eigenvalue weighted by Crippen LogP contribution is -2.02. The zero-order valence-electron chi connectivity index (χ0n) is 8.26. The number of hydrogen-bond acceptors (Lipinski definition) is 0. The molecule has 1 aromatic carbocycles. The van der Waals surface area contributed by atoms with E-state index in [1.807, 2.05) is 0 Å². The van der Waals surface area contributed by atoms with Gasteiger partial charge in [-0.2, -0.15) is 0 Å². The lowest BCUT2D eigenvalue weighted by Gasteiger charge is -2.15. The Morgan fingerprint density at radius 3 is 2.50 bits per heavy atom. The fourth-order valence-electron chi connectivity index (χ4n) is 2.38. The van der Waals surface area contributed by atoms with E-state index in [0.29, 0.717) is 11.8 Å². The van der Waals surface area contributed by atoms with Crippen molar-refractivity contribution in [3.05, 3.63) is 35.4 Å². The second kappa shape index (κ2) is 3.68. The molecule has 0 aromatic heterocycles. The first-order valence-electron chi connectivity index (χ1n) is 5.13. The molecule has 0 radical (unpaired) electrons. The van der Waals surface area contributed by atoms with Gasteiger partial charge in [-0.15, -0.1) is 0 Å². The third kappa shape index (κ3) is 1.66. The fraction of sp³-hybridized carbons (Fsp3) is 0.500. The number of rotatable bonds is 1. The van der Waals surface area contributed by atoms with Crippen LogP contribution in [0.3, 0.4) is 0 Å². The van der Waals surface area contributed by atoms with Gasteiger partial charge in [0.15, 0.2) is 11.6 Å². The average molecular weight is 196 g/mol. The molecule has 0 heterocycles. The summed E-state index contributed by atoms with van der Waals surface area (Å²) < 4.78 is 25.7. The molecule has 0 bridgehead atoms. The van der Waals surface area contributed by atoms with Gasteiger partial charge >= 0.3 is 0 Å². The first-order chi connectivity index (χ1) is 6.68. The molecule has 14 heavy (non-hydrogen) atoms. The van der Waals surface area contributed by atoms with Crippen LogP contribution in [-0.2, 0) is 0 Å². The maximum absolute atomic E-state index is 13.0. The largest absolute Gasteiger partial charge is 0.204 e. The summed E-state index contributed by atoms with van der Waals surface area (Å²) in [6.07, 6.45) is 3.50. The lowest BCUT2D eigenvalue weighted by atomic mass is 9.90. The third-order valence-electron chi connectivity index (χ3n) is 3.23. The molecule has 0 amide bonds. The lowest BCUT2D eigenvalue weighted by molar-refractivity contribution is 0.495. The third-order valence-corrected chi connectivity index (χ3v) is 3.23. The van der Waals surface area contributed by atoms with Crippen molar-refractivity contribution in [1.29, 1.82) is 0 Å². The van der Waals surface area contributed by atoms with E-state index in [4.69, 9.17) is 0 Å². The number of benzene rings is 1. The van der Waals surface area contributed by atoms with Crippen LogP contribution < -0.4 is 0 Å². The van der Waals surface area contributed by atoms with E-state index in [-0.39, 0.29) is 0 Å². The van der Waals surface area contributed by atoms with Crippen LogP contribution in [0.5, 0.6) is 0 Å². The van der Waals surface area contributed by atoms with Gasteiger partial charge in [-0.25, -0.2) is 8.78 Å². The molecule has 2 heteroatoms. The minimum Gasteiger partial charge on any atom is -0.204 e. The van der Waals surface area contributed by atoms with Crippen LogP contribution in [0.25, 0.3) is 0 Å². The first-order valence-corrected chi connectivity index (χ1v) is 5.13. The second-order valence-corrected chi connectivity index (χ2v) is 4.19. The Hall–Kier alpha value is -0.920. The van der Waals surface area contributed by atoms with Gasteiger partial charge in [-0.05, 0) is 36.0 Å². The Morgan fingerprint density at radius 1 is 1.14 bits per heavy atom. The van der Waals surface area contributed by atoms with Gasteiger partial charge in [0.2, 0.25) is 0 Å². The minimum atomic E-state index is -0.751. The monoisotopic (exact) mass is 196 g/mol. The molecule has 2 unspecified atom stereocenters. The number of halogens is 2. The van der Waals surface area contributed by atoms with Gasteiger partial charge in [0.25, 0.3) is 0 Å². The summed E-state index contributed by atoms with van der Waals surface area (Å²) in [4.78, 5) is 0. The molecule has 0 saturated heterocycles. The molecule has 0 spiro atoms. The molecule has 1 aliphatic rings. The van der Waals surface area contributed by atoms with E-state index in [9.17, 15) is 8.78 Å². The van der Waals surface area contributed by atoms with Gasteiger partial charge in [0.1, 0.15) is 0 Å². The molecule has 0 nitrogen and oxygen atoms in total. The molecule has 1 aliphatic carbocycles. The second-order valence-electron chi connectivity index (χ2n) is 4.19. The summed E-state index contributed by atoms with van der Waals surface area (Å²) in [5, 5.41) is 0. The maximum atomic E-state index is 13.0. The molecule has 1 saturated carbocycles. The van der Waals surface area contributed by atoms with E-state index in [1.165, 1.54) is 25.0 Å². The van der Waals surface area contributed by atoms with Gasteiger partial charge in [0, 0.05) is 0 Å². The van der Waals surface area contributed by atoms with Crippen LogP contribution in [0.4, 0.5) is 8.78 Å². The van der Waals surface area contributed by atoms with Crippen molar-refractivity contribution in [2.24, 2.45) is 5.92 Å². The summed E-state index contributed by atoms with van der Waals surface area (Å²) in [5.74, 6) is -0.453. The zero-order chi connectivity index (χ0) is 10.1. The normalized spacial score (nSPS) is 26.8. The predicted molar refractivity (Wildman–Crippen MR) is 52.1 cm³/mol. The molecule has 2 rings (SSSR count). The topological polar surface area (TPSA) is 0 Å². The summed E-state index contributed by atoms with van der Waals surface area (Å²) in [7, 11) is 0. The Bertz CT molecular complexity index is 333. The summed E-state index contributed by atoms with van der Waals surface area (Å²) in [5.41, 5.74) is 0.953. The standard InChI is InChI=1S/C12H14F2/c1-8-3-2-4-10(8)9-5-6-11(13)12(14)7-9/h5-8,10H,2-4H2,1H3. The van der Waals surface area contributed by atoms with E-state index in [0.717, 1.165) is 12.0 Å². The van der Waals surface area contributed by atoms with Crippen LogP contribution in [0, 0.1) is 17.6 Å². The average Bonchev–Trinajstić information content (AvgIpc) is 2.57. The van der Waals surface area contributed by atoms with Crippen LogP contribution in [0.1, 0.15) is 37.7 Å². The van der Waals surface area contributed by atoms with Crippen molar-refractivity contribution in [2.45, 2.75) is 32.1 Å². The van der Waals surface area contributed by atoms with E-state index in [2.05, 4.69) is 6.92 Å². The van der Waals surface area contributed by atoms with Crippen molar-refractivity contribution < 1.29 is 8.78 Å². The van der Waals surface area contributed by atoms with E-state index < -0.39 is 11.6 Å². The van der Waals surface area contributed by atoms with Gasteiger partial charge in [-0.1, -0.05) is 25.8 Å². The van der Waals surface area contributed by atoms with Gasteiger partial charge < -0.3 is 0 Å². The SMILES string of the molecule is CC1CCCC1c1ccc(F)c(F)c1. The van der Waals surface area contributed by atoms with Crippen LogP contribution in [0.2, 0.25) is 0 Å². The Morgan fingerprint density at radius 2 is 1.93 bits per heavy atom. The summed E-state index contributed by atoms with van der Waals surface area (Å²) >= 11 is 0. The maximum Gasteiger partial charge on any atom is 0.159 e. The van der Waals surface area contributed by atoms with Gasteiger partial charge in [0.05, 0.1) is 0 Å². The molecular weight excluding hydrogens is 182 g/mol. The number of hydrogen-bond donors (Lipinski definition) is 0. The van der Waals surface area contributed by atoms with Gasteiger partial charge in [-0.3, -0.25) is 0 Å². The minimum absolute atomic E-state index is 0.421. The Balaban J connectivity index is 2.28. The highest BCUT2D eigenvalue weighted by Gasteiger charge is 2.25. The van der Waals surface area contributed by atoms with E-state index in [1.54, 1.807) is 6.07 Å². The quantitative estimate of drug-likeness (QED) is 0.639.